The molecule has 1 aromatic rings. The molecule has 148 valence electrons. The summed E-state index contributed by atoms with van der Waals surface area (Å²) in [5.74, 6) is 1.38. The van der Waals surface area contributed by atoms with E-state index in [9.17, 15) is 4.79 Å². The number of rotatable bonds is 2. The molecule has 1 N–H and O–H groups in total. The van der Waals surface area contributed by atoms with Crippen LogP contribution in [0.2, 0.25) is 0 Å². The summed E-state index contributed by atoms with van der Waals surface area (Å²) in [6.07, 6.45) is 8.27. The van der Waals surface area contributed by atoms with E-state index < -0.39 is 5.60 Å². The van der Waals surface area contributed by atoms with E-state index in [1.54, 1.807) is 0 Å². The second-order valence-corrected chi connectivity index (χ2v) is 9.02. The highest BCUT2D eigenvalue weighted by Crippen LogP contribution is 2.34. The fourth-order valence-electron chi connectivity index (χ4n) is 4.54. The molecule has 0 saturated carbocycles. The molecule has 3 fully saturated rings. The number of aromatic nitrogens is 2. The number of nitrogens with zero attached hydrogens (tertiary/aromatic N) is 4. The molecule has 4 rings (SSSR count). The first-order valence-corrected chi connectivity index (χ1v) is 10.2. The van der Waals surface area contributed by atoms with Crippen LogP contribution in [-0.4, -0.2) is 64.8 Å². The van der Waals surface area contributed by atoms with Gasteiger partial charge in [0.1, 0.15) is 5.60 Å². The van der Waals surface area contributed by atoms with Crippen LogP contribution in [0.1, 0.15) is 57.9 Å². The molecule has 0 radical (unpaired) electrons. The largest absolute Gasteiger partial charge is 0.444 e. The first-order chi connectivity index (χ1) is 12.9. The van der Waals surface area contributed by atoms with Crippen LogP contribution in [0.25, 0.3) is 0 Å². The number of carbonyl (C=O) groups excluding carboxylic acids is 1. The standard InChI is InChI=1S/C20H31N5O2/c1-20(2,3)27-19(26)24-12-16-4-5-17(13-24)25(16)18-22-10-15(11-23-18)14-6-8-21-9-7-14/h10-11,14,16-17,21H,4-9,12-13H2,1-3H3. The number of hydrogen-bond donors (Lipinski definition) is 1. The van der Waals surface area contributed by atoms with Crippen LogP contribution < -0.4 is 10.2 Å². The molecular weight excluding hydrogens is 342 g/mol. The van der Waals surface area contributed by atoms with Gasteiger partial charge in [-0.1, -0.05) is 0 Å². The quantitative estimate of drug-likeness (QED) is 0.859. The van der Waals surface area contributed by atoms with Gasteiger partial charge in [0.2, 0.25) is 5.95 Å². The molecule has 27 heavy (non-hydrogen) atoms. The SMILES string of the molecule is CC(C)(C)OC(=O)N1CC2CCC(C1)N2c1ncc(C2CCNCC2)cn1. The third-order valence-electron chi connectivity index (χ3n) is 5.83. The van der Waals surface area contributed by atoms with Crippen LogP contribution in [0.4, 0.5) is 10.7 Å². The Morgan fingerprint density at radius 3 is 2.22 bits per heavy atom. The molecule has 3 aliphatic heterocycles. The lowest BCUT2D eigenvalue weighted by Gasteiger charge is -2.41. The molecule has 2 bridgehead atoms. The van der Waals surface area contributed by atoms with Gasteiger partial charge in [0, 0.05) is 25.5 Å². The van der Waals surface area contributed by atoms with Crippen molar-refractivity contribution >= 4 is 12.0 Å². The third kappa shape index (κ3) is 4.03. The van der Waals surface area contributed by atoms with Crippen LogP contribution in [0, 0.1) is 0 Å². The summed E-state index contributed by atoms with van der Waals surface area (Å²) in [5.41, 5.74) is 0.792. The smallest absolute Gasteiger partial charge is 0.410 e. The lowest BCUT2D eigenvalue weighted by Crippen LogP contribution is -2.56. The minimum atomic E-state index is -0.457. The number of piperazine rings is 1. The Balaban J connectivity index is 1.43. The number of piperidine rings is 1. The number of nitrogens with one attached hydrogen (secondary N) is 1. The molecule has 3 saturated heterocycles. The minimum Gasteiger partial charge on any atom is -0.444 e. The minimum absolute atomic E-state index is 0.207. The molecule has 2 atom stereocenters. The van der Waals surface area contributed by atoms with Crippen molar-refractivity contribution in [2.45, 2.75) is 70.1 Å². The summed E-state index contributed by atoms with van der Waals surface area (Å²) in [7, 11) is 0. The van der Waals surface area contributed by atoms with Crippen molar-refractivity contribution in [3.8, 4) is 0 Å². The van der Waals surface area contributed by atoms with Crippen molar-refractivity contribution in [1.29, 1.82) is 0 Å². The summed E-state index contributed by atoms with van der Waals surface area (Å²) in [6, 6.07) is 0.557. The maximum absolute atomic E-state index is 12.4. The van der Waals surface area contributed by atoms with Gasteiger partial charge in [0.25, 0.3) is 0 Å². The van der Waals surface area contributed by atoms with E-state index in [0.29, 0.717) is 19.0 Å². The Hall–Kier alpha value is -1.89. The molecule has 7 nitrogen and oxygen atoms in total. The van der Waals surface area contributed by atoms with E-state index in [1.165, 1.54) is 5.56 Å². The van der Waals surface area contributed by atoms with E-state index in [1.807, 2.05) is 38.1 Å². The van der Waals surface area contributed by atoms with Crippen molar-refractivity contribution in [2.24, 2.45) is 0 Å². The van der Waals surface area contributed by atoms with Gasteiger partial charge >= 0.3 is 6.09 Å². The number of fused-ring (bicyclic) bond motifs is 2. The van der Waals surface area contributed by atoms with Crippen LogP contribution >= 0.6 is 0 Å². The van der Waals surface area contributed by atoms with Crippen LogP contribution in [0.5, 0.6) is 0 Å². The highest BCUT2D eigenvalue weighted by Gasteiger charge is 2.43. The van der Waals surface area contributed by atoms with Crippen molar-refractivity contribution in [2.75, 3.05) is 31.1 Å². The van der Waals surface area contributed by atoms with E-state index in [0.717, 1.165) is 44.7 Å². The van der Waals surface area contributed by atoms with Gasteiger partial charge in [0.05, 0.1) is 12.1 Å². The Labute approximate surface area is 161 Å². The number of ether oxygens (including phenoxy) is 1. The molecule has 0 spiro atoms. The van der Waals surface area contributed by atoms with Gasteiger partial charge in [-0.3, -0.25) is 0 Å². The van der Waals surface area contributed by atoms with E-state index >= 15 is 0 Å². The van der Waals surface area contributed by atoms with Gasteiger partial charge in [-0.05, 0) is 71.0 Å². The molecular formula is C20H31N5O2. The fraction of sp³-hybridized carbons (Fsp3) is 0.750. The van der Waals surface area contributed by atoms with Crippen LogP contribution in [0.15, 0.2) is 12.4 Å². The average Bonchev–Trinajstić information content (AvgIpc) is 2.90. The lowest BCUT2D eigenvalue weighted by atomic mass is 9.92. The van der Waals surface area contributed by atoms with Crippen LogP contribution in [-0.2, 0) is 4.74 Å². The van der Waals surface area contributed by atoms with Gasteiger partial charge in [-0.2, -0.15) is 0 Å². The van der Waals surface area contributed by atoms with Crippen LogP contribution in [0.3, 0.4) is 0 Å². The molecule has 2 unspecified atom stereocenters. The molecule has 4 heterocycles. The maximum Gasteiger partial charge on any atom is 0.410 e. The van der Waals surface area contributed by atoms with Gasteiger partial charge in [-0.25, -0.2) is 14.8 Å². The van der Waals surface area contributed by atoms with E-state index in [2.05, 4.69) is 10.2 Å². The molecule has 0 aromatic carbocycles. The van der Waals surface area contributed by atoms with E-state index in [4.69, 9.17) is 14.7 Å². The lowest BCUT2D eigenvalue weighted by molar-refractivity contribution is 0.0208. The number of carbonyl (C=O) groups is 1. The molecule has 1 aromatic heterocycles. The zero-order valence-corrected chi connectivity index (χ0v) is 16.6. The van der Waals surface area contributed by atoms with Crippen molar-refractivity contribution in [3.05, 3.63) is 18.0 Å². The van der Waals surface area contributed by atoms with Crippen molar-refractivity contribution in [3.63, 3.8) is 0 Å². The van der Waals surface area contributed by atoms with Gasteiger partial charge in [0.15, 0.2) is 0 Å². The monoisotopic (exact) mass is 373 g/mol. The average molecular weight is 374 g/mol. The predicted molar refractivity (Wildman–Crippen MR) is 104 cm³/mol. The highest BCUT2D eigenvalue weighted by atomic mass is 16.6. The second-order valence-electron chi connectivity index (χ2n) is 9.02. The number of likely N-dealkylation sites (tertiary alicyclic amines) is 1. The Morgan fingerprint density at radius 2 is 1.67 bits per heavy atom. The van der Waals surface area contributed by atoms with E-state index in [-0.39, 0.29) is 18.2 Å². The number of anilines is 1. The number of hydrogen-bond acceptors (Lipinski definition) is 6. The van der Waals surface area contributed by atoms with Gasteiger partial charge in [-0.15, -0.1) is 0 Å². The van der Waals surface area contributed by atoms with Crippen molar-refractivity contribution < 1.29 is 9.53 Å². The summed E-state index contributed by atoms with van der Waals surface area (Å²) in [6.45, 7) is 9.25. The fourth-order valence-corrected chi connectivity index (χ4v) is 4.54. The normalized spacial score (nSPS) is 26.3. The molecule has 3 aliphatic rings. The zero-order valence-electron chi connectivity index (χ0n) is 16.6. The highest BCUT2D eigenvalue weighted by molar-refractivity contribution is 5.69. The second kappa shape index (κ2) is 7.26. The van der Waals surface area contributed by atoms with Gasteiger partial charge < -0.3 is 19.9 Å². The summed E-state index contributed by atoms with van der Waals surface area (Å²) >= 11 is 0. The first-order valence-electron chi connectivity index (χ1n) is 10.2. The summed E-state index contributed by atoms with van der Waals surface area (Å²) in [4.78, 5) is 26.0. The topological polar surface area (TPSA) is 70.6 Å². The maximum atomic E-state index is 12.4. The third-order valence-corrected chi connectivity index (χ3v) is 5.83. The first kappa shape index (κ1) is 18.5. The molecule has 1 amide bonds. The molecule has 0 aliphatic carbocycles. The Bertz CT molecular complexity index is 652. The Morgan fingerprint density at radius 1 is 1.07 bits per heavy atom. The molecule has 7 heteroatoms. The van der Waals surface area contributed by atoms with Crippen molar-refractivity contribution in [1.82, 2.24) is 20.2 Å². The summed E-state index contributed by atoms with van der Waals surface area (Å²) < 4.78 is 5.56. The zero-order chi connectivity index (χ0) is 19.0. The predicted octanol–water partition coefficient (Wildman–Crippen LogP) is 2.53. The summed E-state index contributed by atoms with van der Waals surface area (Å²) in [5, 5.41) is 3.40. The number of amides is 1. The Kier molecular flexibility index (Phi) is 4.97.